The van der Waals surface area contributed by atoms with Gasteiger partial charge in [-0.1, -0.05) is 12.1 Å². The van der Waals surface area contributed by atoms with Gasteiger partial charge in [-0.2, -0.15) is 13.2 Å². The first-order valence-corrected chi connectivity index (χ1v) is 7.34. The molecule has 2 aromatic rings. The number of carbonyl (C=O) groups excluding carboxylic acids is 1. The van der Waals surface area contributed by atoms with E-state index < -0.39 is 29.9 Å². The molecule has 25 heavy (non-hydrogen) atoms. The first-order valence-electron chi connectivity index (χ1n) is 7.34. The number of alkyl halides is 3. The van der Waals surface area contributed by atoms with Crippen LogP contribution in [-0.4, -0.2) is 33.9 Å². The van der Waals surface area contributed by atoms with Crippen molar-refractivity contribution in [1.29, 1.82) is 0 Å². The second kappa shape index (κ2) is 7.14. The molecule has 0 saturated carbocycles. The summed E-state index contributed by atoms with van der Waals surface area (Å²) in [6.45, 7) is 0.00450. The summed E-state index contributed by atoms with van der Waals surface area (Å²) in [4.78, 5) is 15.5. The molecule has 0 radical (unpaired) electrons. The predicted octanol–water partition coefficient (Wildman–Crippen LogP) is 1.89. The van der Waals surface area contributed by atoms with Crippen LogP contribution in [0.2, 0.25) is 0 Å². The van der Waals surface area contributed by atoms with Gasteiger partial charge in [-0.05, 0) is 17.7 Å². The number of amides is 1. The minimum Gasteiger partial charge on any atom is -0.497 e. The largest absolute Gasteiger partial charge is 0.497 e. The molecule has 136 valence electrons. The minimum absolute atomic E-state index is 0.00450. The predicted molar refractivity (Wildman–Crippen MR) is 82.6 cm³/mol. The zero-order valence-electron chi connectivity index (χ0n) is 13.7. The number of nitrogens with zero attached hydrogens (tertiary/aromatic N) is 2. The zero-order chi connectivity index (χ0) is 18.7. The number of carbonyl (C=O) groups is 1. The number of methoxy groups -OCH3 is 1. The Morgan fingerprint density at radius 3 is 2.68 bits per heavy atom. The van der Waals surface area contributed by atoms with Crippen molar-refractivity contribution in [3.63, 3.8) is 0 Å². The molecule has 6 nitrogen and oxygen atoms in total. The van der Waals surface area contributed by atoms with Crippen LogP contribution in [-0.2, 0) is 24.0 Å². The molecule has 0 saturated heterocycles. The van der Waals surface area contributed by atoms with E-state index >= 15 is 0 Å². The number of benzene rings is 1. The standard InChI is InChI=1S/C16H18F3N3O3/c1-22-7-6-20-14(22)15(24,16(17,18)19)9-13(23)21-10-11-4-3-5-12(8-11)25-2/h3-8,24H,9-10H2,1-2H3,(H,21,23). The van der Waals surface area contributed by atoms with Crippen LogP contribution in [0.15, 0.2) is 36.7 Å². The highest BCUT2D eigenvalue weighted by atomic mass is 19.4. The van der Waals surface area contributed by atoms with Crippen LogP contribution in [0.25, 0.3) is 0 Å². The number of aryl methyl sites for hydroxylation is 1. The summed E-state index contributed by atoms with van der Waals surface area (Å²) in [5, 5.41) is 12.5. The third-order valence-electron chi connectivity index (χ3n) is 3.70. The van der Waals surface area contributed by atoms with Gasteiger partial charge < -0.3 is 19.7 Å². The number of aliphatic hydroxyl groups is 1. The molecule has 2 N–H and O–H groups in total. The summed E-state index contributed by atoms with van der Waals surface area (Å²) >= 11 is 0. The third kappa shape index (κ3) is 4.11. The molecule has 0 aliphatic heterocycles. The molecular formula is C16H18F3N3O3. The van der Waals surface area contributed by atoms with Crippen LogP contribution in [0.1, 0.15) is 17.8 Å². The van der Waals surface area contributed by atoms with E-state index in [0.29, 0.717) is 11.3 Å². The number of rotatable bonds is 6. The number of ether oxygens (including phenoxy) is 1. The van der Waals surface area contributed by atoms with Crippen LogP contribution in [0, 0.1) is 0 Å². The fraction of sp³-hybridized carbons (Fsp3) is 0.375. The van der Waals surface area contributed by atoms with Crippen LogP contribution in [0.3, 0.4) is 0 Å². The monoisotopic (exact) mass is 357 g/mol. The summed E-state index contributed by atoms with van der Waals surface area (Å²) in [5.74, 6) is -1.03. The van der Waals surface area contributed by atoms with E-state index in [9.17, 15) is 23.1 Å². The molecule has 0 spiro atoms. The number of hydrogen-bond donors (Lipinski definition) is 2. The molecule has 1 atom stereocenters. The fourth-order valence-corrected chi connectivity index (χ4v) is 2.35. The highest BCUT2D eigenvalue weighted by Gasteiger charge is 2.58. The normalized spacial score (nSPS) is 14.0. The summed E-state index contributed by atoms with van der Waals surface area (Å²) in [6, 6.07) is 6.74. The van der Waals surface area contributed by atoms with Gasteiger partial charge in [-0.25, -0.2) is 4.98 Å². The molecule has 1 aromatic carbocycles. The van der Waals surface area contributed by atoms with Crippen molar-refractivity contribution in [2.24, 2.45) is 7.05 Å². The highest BCUT2D eigenvalue weighted by Crippen LogP contribution is 2.40. The number of nitrogens with one attached hydrogen (secondary N) is 1. The van der Waals surface area contributed by atoms with Gasteiger partial charge in [0, 0.05) is 26.0 Å². The maximum Gasteiger partial charge on any atom is 0.425 e. The molecule has 0 fully saturated rings. The lowest BCUT2D eigenvalue weighted by atomic mass is 9.97. The van der Waals surface area contributed by atoms with E-state index in [2.05, 4.69) is 10.3 Å². The van der Waals surface area contributed by atoms with Crippen molar-refractivity contribution < 1.29 is 27.8 Å². The molecule has 1 aromatic heterocycles. The van der Waals surface area contributed by atoms with E-state index in [1.165, 1.54) is 20.4 Å². The van der Waals surface area contributed by atoms with Crippen molar-refractivity contribution >= 4 is 5.91 Å². The lowest BCUT2D eigenvalue weighted by Crippen LogP contribution is -2.47. The van der Waals surface area contributed by atoms with Crippen molar-refractivity contribution in [3.05, 3.63) is 48.0 Å². The van der Waals surface area contributed by atoms with E-state index in [-0.39, 0.29) is 6.54 Å². The van der Waals surface area contributed by atoms with Crippen LogP contribution < -0.4 is 10.1 Å². The van der Waals surface area contributed by atoms with Crippen LogP contribution in [0.4, 0.5) is 13.2 Å². The second-order valence-corrected chi connectivity index (χ2v) is 5.52. The van der Waals surface area contributed by atoms with Crippen LogP contribution in [0.5, 0.6) is 5.75 Å². The lowest BCUT2D eigenvalue weighted by Gasteiger charge is -2.29. The molecule has 2 rings (SSSR count). The molecular weight excluding hydrogens is 339 g/mol. The average molecular weight is 357 g/mol. The summed E-state index contributed by atoms with van der Waals surface area (Å²) in [7, 11) is 2.79. The molecule has 1 amide bonds. The molecule has 0 bridgehead atoms. The maximum atomic E-state index is 13.4. The highest BCUT2D eigenvalue weighted by molar-refractivity contribution is 5.77. The fourth-order valence-electron chi connectivity index (χ4n) is 2.35. The maximum absolute atomic E-state index is 13.4. The number of hydrogen-bond acceptors (Lipinski definition) is 4. The van der Waals surface area contributed by atoms with Gasteiger partial charge >= 0.3 is 6.18 Å². The topological polar surface area (TPSA) is 76.4 Å². The van der Waals surface area contributed by atoms with Gasteiger partial charge in [-0.15, -0.1) is 0 Å². The Balaban J connectivity index is 2.11. The SMILES string of the molecule is COc1cccc(CNC(=O)CC(O)(c2nccn2C)C(F)(F)F)c1. The molecule has 0 aliphatic rings. The Bertz CT molecular complexity index is 745. The first-order chi connectivity index (χ1) is 11.7. The molecule has 1 heterocycles. The first kappa shape index (κ1) is 18.8. The second-order valence-electron chi connectivity index (χ2n) is 5.52. The van der Waals surface area contributed by atoms with Gasteiger partial charge in [0.2, 0.25) is 11.5 Å². The zero-order valence-corrected chi connectivity index (χ0v) is 13.7. The summed E-state index contributed by atoms with van der Waals surface area (Å²) in [5.41, 5.74) is -2.72. The quantitative estimate of drug-likeness (QED) is 0.828. The molecule has 9 heteroatoms. The number of halogens is 3. The lowest BCUT2D eigenvalue weighted by molar-refractivity contribution is -0.271. The van der Waals surface area contributed by atoms with E-state index in [1.807, 2.05) is 0 Å². The van der Waals surface area contributed by atoms with Gasteiger partial charge in [0.1, 0.15) is 5.75 Å². The van der Waals surface area contributed by atoms with E-state index in [4.69, 9.17) is 4.74 Å². The van der Waals surface area contributed by atoms with Crippen molar-refractivity contribution in [2.45, 2.75) is 24.7 Å². The minimum atomic E-state index is -5.06. The Kier molecular flexibility index (Phi) is 5.36. The van der Waals surface area contributed by atoms with E-state index in [0.717, 1.165) is 10.8 Å². The van der Waals surface area contributed by atoms with Gasteiger partial charge in [-0.3, -0.25) is 4.79 Å². The number of imidazole rings is 1. The van der Waals surface area contributed by atoms with Gasteiger partial charge in [0.25, 0.3) is 0 Å². The Hall–Kier alpha value is -2.55. The Labute approximate surface area is 142 Å². The smallest absolute Gasteiger partial charge is 0.425 e. The summed E-state index contributed by atoms with van der Waals surface area (Å²) in [6.07, 6.45) is -3.86. The number of aromatic nitrogens is 2. The van der Waals surface area contributed by atoms with Crippen molar-refractivity contribution in [2.75, 3.05) is 7.11 Å². The van der Waals surface area contributed by atoms with Crippen LogP contribution >= 0.6 is 0 Å². The Morgan fingerprint density at radius 1 is 1.40 bits per heavy atom. The third-order valence-corrected chi connectivity index (χ3v) is 3.70. The Morgan fingerprint density at radius 2 is 2.12 bits per heavy atom. The van der Waals surface area contributed by atoms with Crippen molar-refractivity contribution in [1.82, 2.24) is 14.9 Å². The average Bonchev–Trinajstić information content (AvgIpc) is 2.98. The van der Waals surface area contributed by atoms with Gasteiger partial charge in [0.15, 0.2) is 5.82 Å². The van der Waals surface area contributed by atoms with E-state index in [1.54, 1.807) is 24.3 Å². The van der Waals surface area contributed by atoms with Gasteiger partial charge in [0.05, 0.1) is 13.5 Å². The molecule has 1 unspecified atom stereocenters. The molecule has 0 aliphatic carbocycles. The summed E-state index contributed by atoms with van der Waals surface area (Å²) < 4.78 is 46.2. The van der Waals surface area contributed by atoms with Crippen molar-refractivity contribution in [3.8, 4) is 5.75 Å².